The molecule has 7 heteroatoms. The quantitative estimate of drug-likeness (QED) is 0.295. The Morgan fingerprint density at radius 2 is 0.833 bits per heavy atom. The highest BCUT2D eigenvalue weighted by Crippen LogP contribution is 2.32. The zero-order valence-electron chi connectivity index (χ0n) is 5.65. The normalized spacial score (nSPS) is 8.00. The molecule has 0 amide bonds. The second-order valence-corrected chi connectivity index (χ2v) is 3.80. The second kappa shape index (κ2) is 9.50. The summed E-state index contributed by atoms with van der Waals surface area (Å²) in [6.07, 6.45) is 0. The van der Waals surface area contributed by atoms with Crippen molar-refractivity contribution in [2.75, 3.05) is 4.93 Å². The van der Waals surface area contributed by atoms with Gasteiger partial charge in [-0.15, -0.1) is 0 Å². The molecule has 12 heavy (non-hydrogen) atoms. The van der Waals surface area contributed by atoms with E-state index in [1.54, 1.807) is 0 Å². The van der Waals surface area contributed by atoms with Crippen LogP contribution in [0.2, 0.25) is 0 Å². The number of halogens is 7. The minimum atomic E-state index is -0.175. The third-order valence-electron chi connectivity index (χ3n) is 0.525. The maximum atomic E-state index is 5.42. The highest BCUT2D eigenvalue weighted by Gasteiger charge is 2.07. The monoisotopic (exact) mass is 400 g/mol. The standard InChI is InChI=1S/C4Cl6.CH3I/c5-1(3(7)8)2(6)4(9)10;1-2/h;1H3. The van der Waals surface area contributed by atoms with E-state index in [2.05, 4.69) is 22.6 Å². The van der Waals surface area contributed by atoms with Crippen LogP contribution in [0.4, 0.5) is 0 Å². The molecule has 0 heterocycles. The summed E-state index contributed by atoms with van der Waals surface area (Å²) < 4.78 is -0.351. The summed E-state index contributed by atoms with van der Waals surface area (Å²) in [6.45, 7) is 0. The molecular formula is C5H3Cl6I. The van der Waals surface area contributed by atoms with Gasteiger partial charge in [-0.25, -0.2) is 0 Å². The van der Waals surface area contributed by atoms with Gasteiger partial charge in [0.2, 0.25) is 0 Å². The van der Waals surface area contributed by atoms with E-state index in [1.165, 1.54) is 0 Å². The average molecular weight is 403 g/mol. The fourth-order valence-electron chi connectivity index (χ4n) is 0.166. The van der Waals surface area contributed by atoms with E-state index in [1.807, 2.05) is 4.93 Å². The number of hydrogen-bond acceptors (Lipinski definition) is 0. The van der Waals surface area contributed by atoms with Crippen LogP contribution < -0.4 is 0 Å². The van der Waals surface area contributed by atoms with Crippen molar-refractivity contribution < 1.29 is 0 Å². The average Bonchev–Trinajstić information content (AvgIpc) is 2.05. The van der Waals surface area contributed by atoms with Crippen LogP contribution in [0.5, 0.6) is 0 Å². The highest BCUT2D eigenvalue weighted by molar-refractivity contribution is 14.1. The molecule has 0 N–H and O–H groups in total. The van der Waals surface area contributed by atoms with E-state index in [0.717, 1.165) is 0 Å². The van der Waals surface area contributed by atoms with Crippen molar-refractivity contribution in [1.82, 2.24) is 0 Å². The maximum absolute atomic E-state index is 5.42. The van der Waals surface area contributed by atoms with Crippen LogP contribution in [0.3, 0.4) is 0 Å². The Morgan fingerprint density at radius 1 is 0.667 bits per heavy atom. The molecule has 0 saturated carbocycles. The van der Waals surface area contributed by atoms with Crippen molar-refractivity contribution in [3.05, 3.63) is 19.0 Å². The van der Waals surface area contributed by atoms with Crippen molar-refractivity contribution in [2.24, 2.45) is 0 Å². The first kappa shape index (κ1) is 16.4. The lowest BCUT2D eigenvalue weighted by Crippen LogP contribution is -1.73. The van der Waals surface area contributed by atoms with E-state index < -0.39 is 0 Å². The van der Waals surface area contributed by atoms with Crippen molar-refractivity contribution in [2.45, 2.75) is 0 Å². The van der Waals surface area contributed by atoms with Crippen molar-refractivity contribution in [1.29, 1.82) is 0 Å². The van der Waals surface area contributed by atoms with Crippen LogP contribution in [0.1, 0.15) is 0 Å². The zero-order valence-corrected chi connectivity index (χ0v) is 12.3. The minimum Gasteiger partial charge on any atom is -0.0901 e. The molecule has 0 aliphatic carbocycles. The first-order valence-corrected chi connectivity index (χ1v) is 6.69. The Kier molecular flexibility index (Phi) is 13.0. The summed E-state index contributed by atoms with van der Waals surface area (Å²) in [5.74, 6) is 0. The fourth-order valence-corrected chi connectivity index (χ4v) is 0.926. The van der Waals surface area contributed by atoms with Crippen LogP contribution in [-0.2, 0) is 0 Å². The van der Waals surface area contributed by atoms with Gasteiger partial charge in [0.05, 0.1) is 10.1 Å². The van der Waals surface area contributed by atoms with Gasteiger partial charge in [0.25, 0.3) is 0 Å². The summed E-state index contributed by atoms with van der Waals surface area (Å²) in [7, 11) is 0. The number of hydrogen-bond donors (Lipinski definition) is 0. The lowest BCUT2D eigenvalue weighted by molar-refractivity contribution is 1.84. The molecule has 0 bridgehead atoms. The molecule has 0 radical (unpaired) electrons. The van der Waals surface area contributed by atoms with Gasteiger partial charge in [0.15, 0.2) is 0 Å². The van der Waals surface area contributed by atoms with Gasteiger partial charge in [0.1, 0.15) is 8.98 Å². The van der Waals surface area contributed by atoms with Gasteiger partial charge >= 0.3 is 0 Å². The molecule has 0 unspecified atom stereocenters. The van der Waals surface area contributed by atoms with Crippen LogP contribution >= 0.6 is 92.2 Å². The van der Waals surface area contributed by atoms with E-state index in [0.29, 0.717) is 0 Å². The summed E-state index contributed by atoms with van der Waals surface area (Å²) in [4.78, 5) is 1.97. The fraction of sp³-hybridized carbons (Fsp3) is 0.200. The Hall–Kier alpha value is 1.95. The Morgan fingerprint density at radius 3 is 0.917 bits per heavy atom. The summed E-state index contributed by atoms with van der Waals surface area (Å²) in [6, 6.07) is 0. The predicted octanol–water partition coefficient (Wildman–Crippen LogP) is 5.81. The molecule has 0 aromatic heterocycles. The van der Waals surface area contributed by atoms with Gasteiger partial charge in [0, 0.05) is 0 Å². The maximum Gasteiger partial charge on any atom is 0.127 e. The van der Waals surface area contributed by atoms with Gasteiger partial charge in [-0.05, 0) is 4.93 Å². The van der Waals surface area contributed by atoms with Gasteiger partial charge < -0.3 is 0 Å². The molecule has 0 aliphatic rings. The molecular weight excluding hydrogens is 400 g/mol. The lowest BCUT2D eigenvalue weighted by Gasteiger charge is -1.94. The molecule has 0 atom stereocenters. The number of alkyl halides is 1. The SMILES string of the molecule is CI.ClC(Cl)=C(Cl)C(Cl)=C(Cl)Cl. The van der Waals surface area contributed by atoms with Gasteiger partial charge in [-0.1, -0.05) is 92.2 Å². The first-order chi connectivity index (χ1) is 5.46. The highest BCUT2D eigenvalue weighted by atomic mass is 127. The minimum absolute atomic E-state index is 0.0648. The third kappa shape index (κ3) is 7.36. The molecule has 0 spiro atoms. The molecule has 0 aromatic carbocycles. The molecule has 0 saturated heterocycles. The largest absolute Gasteiger partial charge is 0.127 e. The molecule has 0 nitrogen and oxygen atoms in total. The smallest absolute Gasteiger partial charge is 0.0901 e. The summed E-state index contributed by atoms with van der Waals surface area (Å²) in [5, 5.41) is -0.130. The molecule has 0 aromatic rings. The number of rotatable bonds is 1. The van der Waals surface area contributed by atoms with Gasteiger partial charge in [-0.3, -0.25) is 0 Å². The topological polar surface area (TPSA) is 0 Å². The Labute approximate surface area is 115 Å². The molecule has 72 valence electrons. The van der Waals surface area contributed by atoms with Crippen LogP contribution in [0.15, 0.2) is 19.0 Å². The number of allylic oxidation sites excluding steroid dienone is 2. The van der Waals surface area contributed by atoms with Crippen LogP contribution in [0.25, 0.3) is 0 Å². The Balaban J connectivity index is 0. The van der Waals surface area contributed by atoms with Crippen molar-refractivity contribution >= 4 is 92.2 Å². The molecule has 0 aliphatic heterocycles. The second-order valence-electron chi connectivity index (χ2n) is 1.15. The van der Waals surface area contributed by atoms with E-state index in [9.17, 15) is 0 Å². The van der Waals surface area contributed by atoms with Crippen molar-refractivity contribution in [3.63, 3.8) is 0 Å². The van der Waals surface area contributed by atoms with E-state index >= 15 is 0 Å². The van der Waals surface area contributed by atoms with Crippen LogP contribution in [-0.4, -0.2) is 4.93 Å². The third-order valence-corrected chi connectivity index (χ3v) is 2.52. The van der Waals surface area contributed by atoms with Gasteiger partial charge in [-0.2, -0.15) is 0 Å². The zero-order chi connectivity index (χ0) is 10.3. The van der Waals surface area contributed by atoms with E-state index in [-0.39, 0.29) is 19.0 Å². The molecule has 0 fully saturated rings. The lowest BCUT2D eigenvalue weighted by atomic mass is 10.6. The first-order valence-electron chi connectivity index (χ1n) is 2.26. The van der Waals surface area contributed by atoms with Crippen LogP contribution in [0, 0.1) is 0 Å². The summed E-state index contributed by atoms with van der Waals surface area (Å²) in [5.41, 5.74) is 0. The summed E-state index contributed by atoms with van der Waals surface area (Å²) >= 11 is 34.0. The predicted molar refractivity (Wildman–Crippen MR) is 69.1 cm³/mol. The van der Waals surface area contributed by atoms with E-state index in [4.69, 9.17) is 69.6 Å². The Bertz CT molecular complexity index is 166. The van der Waals surface area contributed by atoms with Crippen molar-refractivity contribution in [3.8, 4) is 0 Å². The molecule has 0 rings (SSSR count).